The molecule has 4 atom stereocenters. The molecule has 8 nitrogen and oxygen atoms in total. The molecule has 8 heteroatoms. The van der Waals surface area contributed by atoms with Crippen molar-refractivity contribution in [3.8, 4) is 11.1 Å². The van der Waals surface area contributed by atoms with Crippen LogP contribution in [0.2, 0.25) is 0 Å². The van der Waals surface area contributed by atoms with Crippen molar-refractivity contribution >= 4 is 11.8 Å². The van der Waals surface area contributed by atoms with Gasteiger partial charge in [0.1, 0.15) is 12.1 Å². The van der Waals surface area contributed by atoms with Crippen molar-refractivity contribution in [1.29, 1.82) is 0 Å². The molecule has 1 aliphatic heterocycles. The molecule has 1 aliphatic rings. The first-order valence-corrected chi connectivity index (χ1v) is 12.1. The zero-order chi connectivity index (χ0) is 25.1. The second-order valence-electron chi connectivity index (χ2n) is 9.64. The van der Waals surface area contributed by atoms with Gasteiger partial charge in [0.25, 0.3) is 0 Å². The summed E-state index contributed by atoms with van der Waals surface area (Å²) in [6.07, 6.45) is 1.18. The number of aromatic nitrogens is 3. The summed E-state index contributed by atoms with van der Waals surface area (Å²) in [4.78, 5) is 28.3. The van der Waals surface area contributed by atoms with Crippen molar-refractivity contribution in [2.24, 2.45) is 5.92 Å². The zero-order valence-electron chi connectivity index (χ0n) is 20.6. The number of likely N-dealkylation sites (tertiary alicyclic amines) is 1. The van der Waals surface area contributed by atoms with Crippen molar-refractivity contribution in [2.75, 3.05) is 6.54 Å². The predicted octanol–water partition coefficient (Wildman–Crippen LogP) is 3.29. The molecule has 0 saturated carbocycles. The number of rotatable bonds is 7. The van der Waals surface area contributed by atoms with E-state index in [-0.39, 0.29) is 36.7 Å². The van der Waals surface area contributed by atoms with Gasteiger partial charge in [0.15, 0.2) is 0 Å². The fourth-order valence-electron chi connectivity index (χ4n) is 4.67. The van der Waals surface area contributed by atoms with Crippen molar-refractivity contribution in [3.63, 3.8) is 0 Å². The van der Waals surface area contributed by atoms with Gasteiger partial charge in [-0.25, -0.2) is 4.68 Å². The Labute approximate surface area is 206 Å². The van der Waals surface area contributed by atoms with E-state index >= 15 is 0 Å². The molecule has 2 N–H and O–H groups in total. The maximum absolute atomic E-state index is 13.5. The number of amides is 2. The summed E-state index contributed by atoms with van der Waals surface area (Å²) in [6.45, 7) is 7.72. The molecule has 0 radical (unpaired) electrons. The van der Waals surface area contributed by atoms with Crippen LogP contribution in [-0.4, -0.2) is 55.5 Å². The minimum Gasteiger partial charge on any atom is -0.391 e. The number of nitrogens with one attached hydrogen (secondary N) is 1. The van der Waals surface area contributed by atoms with Gasteiger partial charge in [-0.05, 0) is 36.5 Å². The quantitative estimate of drug-likeness (QED) is 0.546. The van der Waals surface area contributed by atoms with Gasteiger partial charge in [-0.15, -0.1) is 5.10 Å². The lowest BCUT2D eigenvalue weighted by molar-refractivity contribution is -0.142. The normalized spacial score (nSPS) is 19.5. The average molecular weight is 476 g/mol. The van der Waals surface area contributed by atoms with E-state index in [2.05, 4.69) is 27.8 Å². The molecule has 35 heavy (non-hydrogen) atoms. The zero-order valence-corrected chi connectivity index (χ0v) is 20.6. The molecule has 3 aromatic rings. The molecule has 1 aromatic heterocycles. The van der Waals surface area contributed by atoms with Crippen LogP contribution in [0.4, 0.5) is 0 Å². The predicted molar refractivity (Wildman–Crippen MR) is 133 cm³/mol. The highest BCUT2D eigenvalue weighted by atomic mass is 16.3. The van der Waals surface area contributed by atoms with E-state index in [4.69, 9.17) is 0 Å². The van der Waals surface area contributed by atoms with Crippen LogP contribution in [0, 0.1) is 12.8 Å². The van der Waals surface area contributed by atoms with Gasteiger partial charge < -0.3 is 15.3 Å². The molecule has 0 aliphatic carbocycles. The fourth-order valence-corrected chi connectivity index (χ4v) is 4.67. The largest absolute Gasteiger partial charge is 0.391 e. The number of aliphatic hydroxyl groups is 1. The summed E-state index contributed by atoms with van der Waals surface area (Å²) in [6, 6.07) is 16.6. The van der Waals surface area contributed by atoms with Crippen molar-refractivity contribution in [3.05, 3.63) is 72.1 Å². The van der Waals surface area contributed by atoms with Gasteiger partial charge in [-0.1, -0.05) is 73.7 Å². The SMILES string of the molecule is Cc1cn([C@H](C(=O)N2C[C@H](O)C[C@H]2C(=O)N[C@@H](C)c2ccc(-c3ccccc3)cc2)C(C)C)nn1. The molecule has 0 bridgehead atoms. The molecular weight excluding hydrogens is 442 g/mol. The Kier molecular flexibility index (Phi) is 7.31. The van der Waals surface area contributed by atoms with Gasteiger partial charge in [-0.3, -0.25) is 9.59 Å². The monoisotopic (exact) mass is 475 g/mol. The molecule has 1 fully saturated rings. The van der Waals surface area contributed by atoms with Crippen LogP contribution < -0.4 is 5.32 Å². The summed E-state index contributed by atoms with van der Waals surface area (Å²) < 4.78 is 1.55. The van der Waals surface area contributed by atoms with E-state index in [9.17, 15) is 14.7 Å². The van der Waals surface area contributed by atoms with Crippen molar-refractivity contribution in [2.45, 2.75) is 58.3 Å². The smallest absolute Gasteiger partial charge is 0.248 e. The first kappa shape index (κ1) is 24.6. The van der Waals surface area contributed by atoms with Gasteiger partial charge in [0.2, 0.25) is 11.8 Å². The van der Waals surface area contributed by atoms with Gasteiger partial charge in [0, 0.05) is 19.2 Å². The summed E-state index contributed by atoms with van der Waals surface area (Å²) in [5, 5.41) is 21.5. The molecule has 184 valence electrons. The highest BCUT2D eigenvalue weighted by molar-refractivity contribution is 5.90. The van der Waals surface area contributed by atoms with Crippen LogP contribution in [0.15, 0.2) is 60.8 Å². The number of aliphatic hydroxyl groups excluding tert-OH is 1. The maximum Gasteiger partial charge on any atom is 0.248 e. The molecule has 0 spiro atoms. The number of hydrogen-bond donors (Lipinski definition) is 2. The van der Waals surface area contributed by atoms with Gasteiger partial charge in [-0.2, -0.15) is 0 Å². The van der Waals surface area contributed by atoms with Crippen LogP contribution in [0.3, 0.4) is 0 Å². The number of carbonyl (C=O) groups is 2. The second-order valence-corrected chi connectivity index (χ2v) is 9.64. The second kappa shape index (κ2) is 10.4. The van der Waals surface area contributed by atoms with Crippen molar-refractivity contribution < 1.29 is 14.7 Å². The number of benzene rings is 2. The van der Waals surface area contributed by atoms with Crippen LogP contribution in [0.25, 0.3) is 11.1 Å². The lowest BCUT2D eigenvalue weighted by Gasteiger charge is -2.30. The maximum atomic E-state index is 13.5. The third-order valence-electron chi connectivity index (χ3n) is 6.54. The summed E-state index contributed by atoms with van der Waals surface area (Å²) in [5.74, 6) is -0.569. The number of nitrogens with zero attached hydrogens (tertiary/aromatic N) is 4. The van der Waals surface area contributed by atoms with E-state index in [0.29, 0.717) is 5.69 Å². The number of hydrogen-bond acceptors (Lipinski definition) is 5. The fraction of sp³-hybridized carbons (Fsp3) is 0.407. The highest BCUT2D eigenvalue weighted by Crippen LogP contribution is 2.27. The lowest BCUT2D eigenvalue weighted by Crippen LogP contribution is -2.49. The Bertz CT molecular complexity index is 1160. The van der Waals surface area contributed by atoms with Gasteiger partial charge >= 0.3 is 0 Å². The Morgan fingerprint density at radius 3 is 2.29 bits per heavy atom. The molecule has 4 rings (SSSR count). The van der Waals surface area contributed by atoms with Gasteiger partial charge in [0.05, 0.1) is 17.8 Å². The van der Waals surface area contributed by atoms with Crippen molar-refractivity contribution in [1.82, 2.24) is 25.2 Å². The Morgan fingerprint density at radius 2 is 1.69 bits per heavy atom. The standard InChI is InChI=1S/C27H33N5O3/c1-17(2)25(32-15-18(3)29-30-32)27(35)31-16-23(33)14-24(31)26(34)28-19(4)20-10-12-22(13-11-20)21-8-6-5-7-9-21/h5-13,15,17,19,23-25,33H,14,16H2,1-4H3,(H,28,34)/t19-,23+,24-,25-/m0/s1. The lowest BCUT2D eigenvalue weighted by atomic mass is 10.0. The third-order valence-corrected chi connectivity index (χ3v) is 6.54. The molecule has 1 saturated heterocycles. The minimum absolute atomic E-state index is 0.0629. The Balaban J connectivity index is 1.47. The first-order valence-electron chi connectivity index (χ1n) is 12.1. The first-order chi connectivity index (χ1) is 16.7. The van der Waals surface area contributed by atoms with E-state index < -0.39 is 18.2 Å². The summed E-state index contributed by atoms with van der Waals surface area (Å²) >= 11 is 0. The van der Waals surface area contributed by atoms with Crippen LogP contribution in [-0.2, 0) is 9.59 Å². The van der Waals surface area contributed by atoms with E-state index in [1.807, 2.05) is 70.2 Å². The van der Waals surface area contributed by atoms with E-state index in [1.165, 1.54) is 4.90 Å². The number of aryl methyl sites for hydroxylation is 1. The topological polar surface area (TPSA) is 100 Å². The van der Waals surface area contributed by atoms with Crippen LogP contribution in [0.1, 0.15) is 50.5 Å². The molecule has 2 aromatic carbocycles. The molecular formula is C27H33N5O3. The third kappa shape index (κ3) is 5.43. The Morgan fingerprint density at radius 1 is 1.03 bits per heavy atom. The molecule has 2 amide bonds. The number of carbonyl (C=O) groups excluding carboxylic acids is 2. The molecule has 0 unspecified atom stereocenters. The van der Waals surface area contributed by atoms with E-state index in [1.54, 1.807) is 10.9 Å². The Hall–Kier alpha value is -3.52. The highest BCUT2D eigenvalue weighted by Gasteiger charge is 2.42. The summed E-state index contributed by atoms with van der Waals surface area (Å²) in [7, 11) is 0. The van der Waals surface area contributed by atoms with E-state index in [0.717, 1.165) is 16.7 Å². The van der Waals surface area contributed by atoms with Crippen LogP contribution >= 0.6 is 0 Å². The number of β-amino-alcohol motifs (C(OH)–C–C–N with tert-alkyl or cyclic N) is 1. The average Bonchev–Trinajstić information content (AvgIpc) is 3.45. The van der Waals surface area contributed by atoms with Crippen LogP contribution in [0.5, 0.6) is 0 Å². The summed E-state index contributed by atoms with van der Waals surface area (Å²) in [5.41, 5.74) is 3.91. The molecule has 2 heterocycles. The minimum atomic E-state index is -0.750.